The van der Waals surface area contributed by atoms with Crippen LogP contribution in [0.25, 0.3) is 0 Å². The van der Waals surface area contributed by atoms with Gasteiger partial charge in [-0.25, -0.2) is 0 Å². The van der Waals surface area contributed by atoms with E-state index in [9.17, 15) is 4.79 Å². The Kier molecular flexibility index (Phi) is 4.31. The van der Waals surface area contributed by atoms with Crippen molar-refractivity contribution in [3.8, 4) is 0 Å². The first kappa shape index (κ1) is 14.6. The number of hydrogen-bond acceptors (Lipinski definition) is 2. The molecule has 1 saturated heterocycles. The van der Waals surface area contributed by atoms with Crippen LogP contribution in [0.15, 0.2) is 34.9 Å². The molecular formula is C15H15BrClN3O. The Balaban J connectivity index is 1.80. The second-order valence-electron chi connectivity index (χ2n) is 5.20. The summed E-state index contributed by atoms with van der Waals surface area (Å²) in [7, 11) is 0. The maximum absolute atomic E-state index is 12.7. The molecule has 1 amide bonds. The zero-order valence-corrected chi connectivity index (χ0v) is 13.7. The fourth-order valence-electron chi connectivity index (χ4n) is 2.75. The van der Waals surface area contributed by atoms with Crippen molar-refractivity contribution in [2.75, 3.05) is 13.1 Å². The van der Waals surface area contributed by atoms with Crippen molar-refractivity contribution >= 4 is 33.4 Å². The molecule has 0 spiro atoms. The first-order valence-electron chi connectivity index (χ1n) is 6.89. The van der Waals surface area contributed by atoms with Crippen LogP contribution >= 0.6 is 27.5 Å². The van der Waals surface area contributed by atoms with E-state index in [0.717, 1.165) is 29.6 Å². The number of piperidine rings is 1. The summed E-state index contributed by atoms with van der Waals surface area (Å²) in [6, 6.07) is 7.42. The third-order valence-corrected chi connectivity index (χ3v) is 5.15. The van der Waals surface area contributed by atoms with Crippen molar-refractivity contribution in [1.29, 1.82) is 0 Å². The average molecular weight is 369 g/mol. The van der Waals surface area contributed by atoms with Crippen molar-refractivity contribution in [2.45, 2.75) is 18.8 Å². The van der Waals surface area contributed by atoms with E-state index in [1.807, 2.05) is 23.1 Å². The van der Waals surface area contributed by atoms with Crippen LogP contribution < -0.4 is 0 Å². The third kappa shape index (κ3) is 2.99. The minimum absolute atomic E-state index is 0.00878. The molecule has 2 heterocycles. The summed E-state index contributed by atoms with van der Waals surface area (Å²) in [6.45, 7) is 1.47. The fraction of sp³-hybridized carbons (Fsp3) is 0.333. The van der Waals surface area contributed by atoms with Crippen LogP contribution in [0.3, 0.4) is 0 Å². The van der Waals surface area contributed by atoms with Gasteiger partial charge in [0.1, 0.15) is 0 Å². The second kappa shape index (κ2) is 6.20. The summed E-state index contributed by atoms with van der Waals surface area (Å²) in [4.78, 5) is 14.6. The molecule has 110 valence electrons. The van der Waals surface area contributed by atoms with Gasteiger partial charge in [0.2, 0.25) is 0 Å². The maximum atomic E-state index is 12.7. The largest absolute Gasteiger partial charge is 0.338 e. The Labute approximate surface area is 136 Å². The molecule has 1 aliphatic heterocycles. The standard InChI is InChI=1S/C15H15BrClN3O/c16-12-5-1-4-11(14(12)17)15(21)20-8-2-3-10(9-20)13-6-7-18-19-13/h1,4-7,10H,2-3,8-9H2,(H,18,19). The van der Waals surface area contributed by atoms with E-state index < -0.39 is 0 Å². The number of hydrogen-bond donors (Lipinski definition) is 1. The zero-order chi connectivity index (χ0) is 14.8. The van der Waals surface area contributed by atoms with Crippen molar-refractivity contribution < 1.29 is 4.79 Å². The smallest absolute Gasteiger partial charge is 0.255 e. The van der Waals surface area contributed by atoms with Crippen LogP contribution in [0, 0.1) is 0 Å². The SMILES string of the molecule is O=C(c1cccc(Br)c1Cl)N1CCCC(c2ccn[nH]2)C1. The molecule has 1 unspecified atom stereocenters. The van der Waals surface area contributed by atoms with Gasteiger partial charge in [-0.3, -0.25) is 9.89 Å². The number of nitrogens with zero attached hydrogens (tertiary/aromatic N) is 2. The number of likely N-dealkylation sites (tertiary alicyclic amines) is 1. The third-order valence-electron chi connectivity index (χ3n) is 3.85. The Morgan fingerprint density at radius 1 is 1.43 bits per heavy atom. The van der Waals surface area contributed by atoms with Gasteiger partial charge < -0.3 is 4.90 Å². The summed E-state index contributed by atoms with van der Waals surface area (Å²) in [5, 5.41) is 7.48. The highest BCUT2D eigenvalue weighted by atomic mass is 79.9. The van der Waals surface area contributed by atoms with Crippen LogP contribution in [0.4, 0.5) is 0 Å². The number of benzene rings is 1. The lowest BCUT2D eigenvalue weighted by Crippen LogP contribution is -2.39. The number of amides is 1. The van der Waals surface area contributed by atoms with Crippen LogP contribution in [-0.4, -0.2) is 34.1 Å². The molecule has 1 aliphatic rings. The fourth-order valence-corrected chi connectivity index (χ4v) is 3.32. The quantitative estimate of drug-likeness (QED) is 0.875. The predicted molar refractivity (Wildman–Crippen MR) is 85.6 cm³/mol. The van der Waals surface area contributed by atoms with Crippen molar-refractivity contribution in [3.05, 3.63) is 51.2 Å². The van der Waals surface area contributed by atoms with Gasteiger partial charge in [0.25, 0.3) is 5.91 Å². The van der Waals surface area contributed by atoms with Gasteiger partial charge in [-0.15, -0.1) is 0 Å². The summed E-state index contributed by atoms with van der Waals surface area (Å²) in [5.41, 5.74) is 1.64. The van der Waals surface area contributed by atoms with Crippen LogP contribution in [0.5, 0.6) is 0 Å². The van der Waals surface area contributed by atoms with Crippen molar-refractivity contribution in [2.24, 2.45) is 0 Å². The predicted octanol–water partition coefficient (Wildman–Crippen LogP) is 3.85. The highest BCUT2D eigenvalue weighted by Crippen LogP contribution is 2.30. The molecule has 6 heteroatoms. The van der Waals surface area contributed by atoms with Gasteiger partial charge in [0, 0.05) is 35.4 Å². The summed E-state index contributed by atoms with van der Waals surface area (Å²) in [6.07, 6.45) is 3.81. The normalized spacial score (nSPS) is 18.8. The number of carbonyl (C=O) groups excluding carboxylic acids is 1. The van der Waals surface area contributed by atoms with Crippen molar-refractivity contribution in [3.63, 3.8) is 0 Å². The van der Waals surface area contributed by atoms with E-state index in [2.05, 4.69) is 26.1 Å². The first-order chi connectivity index (χ1) is 10.2. The van der Waals surface area contributed by atoms with Gasteiger partial charge in [-0.1, -0.05) is 17.7 Å². The number of H-pyrrole nitrogens is 1. The molecule has 1 fully saturated rings. The molecule has 1 aromatic carbocycles. The molecular weight excluding hydrogens is 354 g/mol. The number of rotatable bonds is 2. The monoisotopic (exact) mass is 367 g/mol. The van der Waals surface area contributed by atoms with Crippen molar-refractivity contribution in [1.82, 2.24) is 15.1 Å². The number of aromatic amines is 1. The Hall–Kier alpha value is -1.33. The molecule has 0 saturated carbocycles. The van der Waals surface area contributed by atoms with Crippen LogP contribution in [0.1, 0.15) is 34.8 Å². The molecule has 1 atom stereocenters. The molecule has 1 N–H and O–H groups in total. The van der Waals surface area contributed by atoms with Crippen LogP contribution in [-0.2, 0) is 0 Å². The summed E-state index contributed by atoms with van der Waals surface area (Å²) in [5.74, 6) is 0.307. The van der Waals surface area contributed by atoms with Gasteiger partial charge >= 0.3 is 0 Å². The van der Waals surface area contributed by atoms with Gasteiger partial charge in [0.15, 0.2) is 0 Å². The number of halogens is 2. The van der Waals surface area contributed by atoms with E-state index in [1.54, 1.807) is 12.3 Å². The lowest BCUT2D eigenvalue weighted by molar-refractivity contribution is 0.0706. The number of carbonyl (C=O) groups is 1. The second-order valence-corrected chi connectivity index (χ2v) is 6.44. The van der Waals surface area contributed by atoms with Gasteiger partial charge in [-0.2, -0.15) is 5.10 Å². The average Bonchev–Trinajstić information content (AvgIpc) is 3.04. The molecule has 0 bridgehead atoms. The molecule has 3 rings (SSSR count). The van der Waals surface area contributed by atoms with E-state index in [1.165, 1.54) is 0 Å². The Morgan fingerprint density at radius 2 is 2.29 bits per heavy atom. The highest BCUT2D eigenvalue weighted by Gasteiger charge is 2.27. The molecule has 21 heavy (non-hydrogen) atoms. The number of nitrogens with one attached hydrogen (secondary N) is 1. The van der Waals surface area contributed by atoms with E-state index in [-0.39, 0.29) is 5.91 Å². The van der Waals surface area contributed by atoms with Gasteiger partial charge in [-0.05, 0) is 47.0 Å². The highest BCUT2D eigenvalue weighted by molar-refractivity contribution is 9.10. The molecule has 2 aromatic rings. The lowest BCUT2D eigenvalue weighted by atomic mass is 9.94. The molecule has 0 radical (unpaired) electrons. The minimum Gasteiger partial charge on any atom is -0.338 e. The lowest BCUT2D eigenvalue weighted by Gasteiger charge is -2.32. The molecule has 4 nitrogen and oxygen atoms in total. The topological polar surface area (TPSA) is 49.0 Å². The maximum Gasteiger partial charge on any atom is 0.255 e. The molecule has 0 aliphatic carbocycles. The summed E-state index contributed by atoms with van der Waals surface area (Å²) < 4.78 is 0.747. The van der Waals surface area contributed by atoms with E-state index in [4.69, 9.17) is 11.6 Å². The van der Waals surface area contributed by atoms with E-state index >= 15 is 0 Å². The first-order valence-corrected chi connectivity index (χ1v) is 8.06. The molecule has 1 aromatic heterocycles. The minimum atomic E-state index is -0.00878. The van der Waals surface area contributed by atoms with Crippen LogP contribution in [0.2, 0.25) is 5.02 Å². The zero-order valence-electron chi connectivity index (χ0n) is 11.4. The van der Waals surface area contributed by atoms with Gasteiger partial charge in [0.05, 0.1) is 10.6 Å². The Morgan fingerprint density at radius 3 is 3.05 bits per heavy atom. The summed E-state index contributed by atoms with van der Waals surface area (Å²) >= 11 is 9.60. The van der Waals surface area contributed by atoms with E-state index in [0.29, 0.717) is 23.0 Å². The number of aromatic nitrogens is 2. The Bertz CT molecular complexity index is 644.